The number of carbonyl (C=O) groups excluding carboxylic acids is 1. The van der Waals surface area contributed by atoms with Crippen molar-refractivity contribution in [2.24, 2.45) is 5.92 Å². The minimum atomic E-state index is 0.0146. The first-order valence-corrected chi connectivity index (χ1v) is 8.08. The molecule has 1 atom stereocenters. The number of hydrogen-bond acceptors (Lipinski definition) is 5. The number of aromatic nitrogens is 4. The number of piperidine rings is 1. The molecular formula is C16H22N6O. The Morgan fingerprint density at radius 1 is 1.30 bits per heavy atom. The number of imidazole rings is 1. The van der Waals surface area contributed by atoms with Crippen molar-refractivity contribution in [3.8, 4) is 0 Å². The first kappa shape index (κ1) is 15.5. The smallest absolute Gasteiger partial charge is 0.225 e. The molecule has 122 valence electrons. The molecule has 0 spiro atoms. The molecule has 1 aliphatic rings. The Labute approximate surface area is 135 Å². The summed E-state index contributed by atoms with van der Waals surface area (Å²) >= 11 is 0. The Hall–Kier alpha value is -2.44. The minimum Gasteiger partial charge on any atom is -0.356 e. The van der Waals surface area contributed by atoms with E-state index >= 15 is 0 Å². The molecule has 0 bridgehead atoms. The molecule has 0 unspecified atom stereocenters. The fourth-order valence-corrected chi connectivity index (χ4v) is 2.86. The van der Waals surface area contributed by atoms with Gasteiger partial charge in [0.25, 0.3) is 0 Å². The van der Waals surface area contributed by atoms with Crippen LogP contribution in [-0.4, -0.2) is 45.1 Å². The molecule has 3 heterocycles. The standard InChI is InChI=1S/C16H22N6O/c23-15(18-7-3-9-21-11-8-17-13-21)14-4-1-10-22(12-14)16-19-5-2-6-20-16/h2,5-6,8,11,13-14H,1,3-4,7,9-10,12H2,(H,18,23)/t14-/m1/s1. The molecule has 0 aromatic carbocycles. The maximum absolute atomic E-state index is 12.3. The Morgan fingerprint density at radius 3 is 2.96 bits per heavy atom. The fourth-order valence-electron chi connectivity index (χ4n) is 2.86. The van der Waals surface area contributed by atoms with Crippen LogP contribution in [0.5, 0.6) is 0 Å². The zero-order valence-corrected chi connectivity index (χ0v) is 13.1. The molecule has 0 radical (unpaired) electrons. The molecule has 2 aromatic rings. The van der Waals surface area contributed by atoms with Gasteiger partial charge in [0.15, 0.2) is 0 Å². The van der Waals surface area contributed by atoms with Crippen LogP contribution in [0.4, 0.5) is 5.95 Å². The van der Waals surface area contributed by atoms with Crippen molar-refractivity contribution in [1.29, 1.82) is 0 Å². The van der Waals surface area contributed by atoms with Gasteiger partial charge in [0.1, 0.15) is 0 Å². The highest BCUT2D eigenvalue weighted by Gasteiger charge is 2.26. The summed E-state index contributed by atoms with van der Waals surface area (Å²) in [6, 6.07) is 1.80. The Kier molecular flexibility index (Phi) is 5.18. The lowest BCUT2D eigenvalue weighted by molar-refractivity contribution is -0.125. The van der Waals surface area contributed by atoms with Crippen LogP contribution in [0.25, 0.3) is 0 Å². The Morgan fingerprint density at radius 2 is 2.17 bits per heavy atom. The summed E-state index contributed by atoms with van der Waals surface area (Å²) in [6.45, 7) is 3.16. The molecule has 1 saturated heterocycles. The largest absolute Gasteiger partial charge is 0.356 e. The van der Waals surface area contributed by atoms with E-state index in [0.29, 0.717) is 19.0 Å². The predicted molar refractivity (Wildman–Crippen MR) is 86.8 cm³/mol. The van der Waals surface area contributed by atoms with Gasteiger partial charge >= 0.3 is 0 Å². The number of hydrogen-bond donors (Lipinski definition) is 1. The van der Waals surface area contributed by atoms with Gasteiger partial charge in [0.2, 0.25) is 11.9 Å². The van der Waals surface area contributed by atoms with Gasteiger partial charge in [0, 0.05) is 51.0 Å². The molecule has 1 fully saturated rings. The van der Waals surface area contributed by atoms with Gasteiger partial charge in [-0.15, -0.1) is 0 Å². The summed E-state index contributed by atoms with van der Waals surface area (Å²) in [5, 5.41) is 3.05. The zero-order chi connectivity index (χ0) is 15.9. The van der Waals surface area contributed by atoms with E-state index < -0.39 is 0 Å². The molecule has 7 heteroatoms. The number of anilines is 1. The number of nitrogens with one attached hydrogen (secondary N) is 1. The lowest BCUT2D eigenvalue weighted by Crippen LogP contribution is -2.44. The maximum atomic E-state index is 12.3. The van der Waals surface area contributed by atoms with E-state index in [1.807, 2.05) is 10.8 Å². The van der Waals surface area contributed by atoms with Crippen molar-refractivity contribution in [2.75, 3.05) is 24.5 Å². The van der Waals surface area contributed by atoms with Crippen LogP contribution in [0.2, 0.25) is 0 Å². The molecule has 0 saturated carbocycles. The fraction of sp³-hybridized carbons (Fsp3) is 0.500. The second kappa shape index (κ2) is 7.71. The van der Waals surface area contributed by atoms with Gasteiger partial charge in [-0.2, -0.15) is 0 Å². The molecule has 1 N–H and O–H groups in total. The summed E-state index contributed by atoms with van der Waals surface area (Å²) in [5.41, 5.74) is 0. The number of rotatable bonds is 6. The lowest BCUT2D eigenvalue weighted by atomic mass is 9.97. The van der Waals surface area contributed by atoms with E-state index in [0.717, 1.165) is 32.4 Å². The molecule has 23 heavy (non-hydrogen) atoms. The van der Waals surface area contributed by atoms with Crippen LogP contribution in [0, 0.1) is 5.92 Å². The molecular weight excluding hydrogens is 292 g/mol. The van der Waals surface area contributed by atoms with Gasteiger partial charge in [-0.3, -0.25) is 4.79 Å². The van der Waals surface area contributed by atoms with Crippen LogP contribution in [0.3, 0.4) is 0 Å². The van der Waals surface area contributed by atoms with Crippen molar-refractivity contribution in [3.05, 3.63) is 37.2 Å². The van der Waals surface area contributed by atoms with Crippen LogP contribution >= 0.6 is 0 Å². The maximum Gasteiger partial charge on any atom is 0.225 e. The molecule has 0 aliphatic carbocycles. The Bertz CT molecular complexity index is 600. The zero-order valence-electron chi connectivity index (χ0n) is 13.1. The van der Waals surface area contributed by atoms with Crippen molar-refractivity contribution in [3.63, 3.8) is 0 Å². The third kappa shape index (κ3) is 4.28. The third-order valence-electron chi connectivity index (χ3n) is 4.08. The van der Waals surface area contributed by atoms with Crippen molar-refractivity contribution < 1.29 is 4.79 Å². The second-order valence-corrected chi connectivity index (χ2v) is 5.78. The number of nitrogens with zero attached hydrogens (tertiary/aromatic N) is 5. The monoisotopic (exact) mass is 314 g/mol. The average molecular weight is 314 g/mol. The van der Waals surface area contributed by atoms with Gasteiger partial charge in [-0.1, -0.05) is 0 Å². The molecule has 3 rings (SSSR count). The number of carbonyl (C=O) groups is 1. The van der Waals surface area contributed by atoms with Crippen molar-refractivity contribution >= 4 is 11.9 Å². The summed E-state index contributed by atoms with van der Waals surface area (Å²) in [4.78, 5) is 27.0. The number of aryl methyl sites for hydroxylation is 1. The predicted octanol–water partition coefficient (Wildman–Crippen LogP) is 1.10. The highest BCUT2D eigenvalue weighted by Crippen LogP contribution is 2.19. The van der Waals surface area contributed by atoms with Gasteiger partial charge in [-0.05, 0) is 25.3 Å². The van der Waals surface area contributed by atoms with E-state index in [9.17, 15) is 4.79 Å². The summed E-state index contributed by atoms with van der Waals surface area (Å²) in [7, 11) is 0. The Balaban J connectivity index is 1.43. The molecule has 1 aliphatic heterocycles. The van der Waals surface area contributed by atoms with Crippen molar-refractivity contribution in [1.82, 2.24) is 24.8 Å². The normalized spacial score (nSPS) is 17.9. The van der Waals surface area contributed by atoms with Gasteiger partial charge < -0.3 is 14.8 Å². The summed E-state index contributed by atoms with van der Waals surface area (Å²) in [6.07, 6.45) is 11.8. The third-order valence-corrected chi connectivity index (χ3v) is 4.08. The summed E-state index contributed by atoms with van der Waals surface area (Å²) in [5.74, 6) is 0.863. The van der Waals surface area contributed by atoms with Crippen LogP contribution in [0.15, 0.2) is 37.2 Å². The first-order valence-electron chi connectivity index (χ1n) is 8.08. The molecule has 1 amide bonds. The topological polar surface area (TPSA) is 75.9 Å². The minimum absolute atomic E-state index is 0.0146. The van der Waals surface area contributed by atoms with Crippen LogP contribution in [-0.2, 0) is 11.3 Å². The highest BCUT2D eigenvalue weighted by molar-refractivity contribution is 5.79. The van der Waals surface area contributed by atoms with E-state index in [1.54, 1.807) is 31.0 Å². The van der Waals surface area contributed by atoms with E-state index in [-0.39, 0.29) is 11.8 Å². The lowest BCUT2D eigenvalue weighted by Gasteiger charge is -2.31. The van der Waals surface area contributed by atoms with Crippen molar-refractivity contribution in [2.45, 2.75) is 25.8 Å². The second-order valence-electron chi connectivity index (χ2n) is 5.78. The quantitative estimate of drug-likeness (QED) is 0.808. The van der Waals surface area contributed by atoms with Crippen LogP contribution in [0.1, 0.15) is 19.3 Å². The summed E-state index contributed by atoms with van der Waals surface area (Å²) < 4.78 is 2.02. The SMILES string of the molecule is O=C(NCCCn1ccnc1)[C@@H]1CCCN(c2ncccn2)C1. The average Bonchev–Trinajstić information content (AvgIpc) is 3.13. The molecule has 7 nitrogen and oxygen atoms in total. The number of amides is 1. The van der Waals surface area contributed by atoms with Gasteiger partial charge in [0.05, 0.1) is 12.2 Å². The van der Waals surface area contributed by atoms with E-state index in [2.05, 4.69) is 25.2 Å². The van der Waals surface area contributed by atoms with E-state index in [4.69, 9.17) is 0 Å². The van der Waals surface area contributed by atoms with Gasteiger partial charge in [-0.25, -0.2) is 15.0 Å². The van der Waals surface area contributed by atoms with Crippen LogP contribution < -0.4 is 10.2 Å². The highest BCUT2D eigenvalue weighted by atomic mass is 16.1. The first-order chi connectivity index (χ1) is 11.3. The molecule has 2 aromatic heterocycles. The van der Waals surface area contributed by atoms with E-state index in [1.165, 1.54) is 0 Å².